The summed E-state index contributed by atoms with van der Waals surface area (Å²) in [5.74, 6) is 0.785. The number of aryl methyl sites for hydroxylation is 1. The first kappa shape index (κ1) is 23.3. The molecule has 1 aliphatic rings. The van der Waals surface area contributed by atoms with Crippen molar-refractivity contribution in [2.75, 3.05) is 0 Å². The number of benzene rings is 3. The summed E-state index contributed by atoms with van der Waals surface area (Å²) in [5.41, 5.74) is 4.62. The molecule has 3 nitrogen and oxygen atoms in total. The molecule has 0 spiro atoms. The van der Waals surface area contributed by atoms with Crippen molar-refractivity contribution in [1.82, 2.24) is 5.32 Å². The quantitative estimate of drug-likeness (QED) is 0.366. The van der Waals surface area contributed by atoms with Crippen molar-refractivity contribution in [1.29, 1.82) is 0 Å². The standard InChI is InChI=1S/C27H31NO2.ClH/c1-17(2)20-12-10-18(3)14-25(20)30-26(29)15-24-22-13-11-19-8-6-7-9-21(19)23(22)16-27(4,5)28-24;/h6-14,17,24,28H,15-16H2,1-5H3;1H. The van der Waals surface area contributed by atoms with Gasteiger partial charge in [0.05, 0.1) is 6.42 Å². The molecule has 0 aliphatic carbocycles. The third-order valence-electron chi connectivity index (χ3n) is 6.02. The highest BCUT2D eigenvalue weighted by Crippen LogP contribution is 2.37. The van der Waals surface area contributed by atoms with Gasteiger partial charge in [0.2, 0.25) is 0 Å². The molecule has 1 N–H and O–H groups in total. The summed E-state index contributed by atoms with van der Waals surface area (Å²) in [5, 5.41) is 6.21. The number of halogens is 1. The van der Waals surface area contributed by atoms with Crippen molar-refractivity contribution in [3.05, 3.63) is 76.9 Å². The first-order chi connectivity index (χ1) is 14.2. The van der Waals surface area contributed by atoms with Gasteiger partial charge in [-0.15, -0.1) is 12.4 Å². The number of fused-ring (bicyclic) bond motifs is 3. The molecule has 164 valence electrons. The molecule has 0 radical (unpaired) electrons. The lowest BCUT2D eigenvalue weighted by Gasteiger charge is -2.39. The molecule has 4 heteroatoms. The summed E-state index contributed by atoms with van der Waals surface area (Å²) in [6, 6.07) is 18.9. The number of hydrogen-bond donors (Lipinski definition) is 1. The van der Waals surface area contributed by atoms with Crippen LogP contribution in [0.1, 0.15) is 68.3 Å². The molecule has 1 unspecified atom stereocenters. The van der Waals surface area contributed by atoms with E-state index < -0.39 is 0 Å². The maximum Gasteiger partial charge on any atom is 0.313 e. The van der Waals surface area contributed by atoms with Gasteiger partial charge in [-0.1, -0.05) is 62.4 Å². The van der Waals surface area contributed by atoms with Gasteiger partial charge in [0.1, 0.15) is 5.75 Å². The number of esters is 1. The van der Waals surface area contributed by atoms with Gasteiger partial charge in [-0.05, 0) is 72.2 Å². The van der Waals surface area contributed by atoms with E-state index in [0.29, 0.717) is 18.1 Å². The van der Waals surface area contributed by atoms with Crippen LogP contribution in [0.5, 0.6) is 5.75 Å². The number of carbonyl (C=O) groups is 1. The minimum atomic E-state index is -0.197. The third-order valence-corrected chi connectivity index (χ3v) is 6.02. The molecule has 0 aromatic heterocycles. The van der Waals surface area contributed by atoms with Crippen LogP contribution in [0.4, 0.5) is 0 Å². The Morgan fingerprint density at radius 2 is 1.87 bits per heavy atom. The Morgan fingerprint density at radius 3 is 2.61 bits per heavy atom. The molecule has 1 heterocycles. The molecule has 0 bridgehead atoms. The molecule has 0 amide bonds. The number of rotatable bonds is 4. The summed E-state index contributed by atoms with van der Waals surface area (Å²) >= 11 is 0. The number of ether oxygens (including phenoxy) is 1. The van der Waals surface area contributed by atoms with Crippen LogP contribution in [0, 0.1) is 6.92 Å². The molecule has 0 saturated carbocycles. The van der Waals surface area contributed by atoms with E-state index in [9.17, 15) is 4.79 Å². The molecule has 3 aromatic carbocycles. The lowest BCUT2D eigenvalue weighted by molar-refractivity contribution is -0.135. The summed E-state index contributed by atoms with van der Waals surface area (Å²) in [6.45, 7) is 10.7. The topological polar surface area (TPSA) is 38.3 Å². The zero-order valence-corrected chi connectivity index (χ0v) is 19.8. The van der Waals surface area contributed by atoms with Crippen molar-refractivity contribution in [2.45, 2.75) is 65.0 Å². The molecular formula is C27H32ClNO2. The van der Waals surface area contributed by atoms with Crippen molar-refractivity contribution in [2.24, 2.45) is 0 Å². The third kappa shape index (κ3) is 4.94. The number of nitrogens with one attached hydrogen (secondary N) is 1. The van der Waals surface area contributed by atoms with Gasteiger partial charge in [0.25, 0.3) is 0 Å². The van der Waals surface area contributed by atoms with Crippen molar-refractivity contribution in [3.63, 3.8) is 0 Å². The van der Waals surface area contributed by atoms with Crippen LogP contribution in [0.25, 0.3) is 10.8 Å². The normalized spacial score (nSPS) is 17.2. The van der Waals surface area contributed by atoms with E-state index in [1.165, 1.54) is 21.9 Å². The van der Waals surface area contributed by atoms with Gasteiger partial charge in [-0.25, -0.2) is 0 Å². The highest BCUT2D eigenvalue weighted by Gasteiger charge is 2.33. The van der Waals surface area contributed by atoms with Crippen LogP contribution in [0.3, 0.4) is 0 Å². The molecule has 1 atom stereocenters. The van der Waals surface area contributed by atoms with Crippen molar-refractivity contribution < 1.29 is 9.53 Å². The Bertz CT molecular complexity index is 1100. The van der Waals surface area contributed by atoms with Gasteiger partial charge in [0.15, 0.2) is 0 Å². The summed E-state index contributed by atoms with van der Waals surface area (Å²) in [4.78, 5) is 13.0. The van der Waals surface area contributed by atoms with E-state index in [2.05, 4.69) is 81.5 Å². The van der Waals surface area contributed by atoms with Gasteiger partial charge in [0, 0.05) is 11.6 Å². The SMILES string of the molecule is Cc1ccc(C(C)C)c(OC(=O)CC2NC(C)(C)Cc3c2ccc2ccccc32)c1.Cl. The van der Waals surface area contributed by atoms with E-state index in [0.717, 1.165) is 17.5 Å². The highest BCUT2D eigenvalue weighted by molar-refractivity contribution is 5.87. The monoisotopic (exact) mass is 437 g/mol. The Balaban J connectivity index is 0.00000272. The largest absolute Gasteiger partial charge is 0.426 e. The Morgan fingerprint density at radius 1 is 1.13 bits per heavy atom. The second kappa shape index (κ2) is 9.02. The maximum absolute atomic E-state index is 13.0. The molecular weight excluding hydrogens is 406 g/mol. The first-order valence-corrected chi connectivity index (χ1v) is 10.8. The van der Waals surface area contributed by atoms with Crippen LogP contribution in [-0.2, 0) is 11.2 Å². The first-order valence-electron chi connectivity index (χ1n) is 10.8. The average molecular weight is 438 g/mol. The zero-order valence-electron chi connectivity index (χ0n) is 19.0. The lowest BCUT2D eigenvalue weighted by Crippen LogP contribution is -2.48. The second-order valence-electron chi connectivity index (χ2n) is 9.49. The number of hydrogen-bond acceptors (Lipinski definition) is 3. The molecule has 0 saturated heterocycles. The fourth-order valence-corrected chi connectivity index (χ4v) is 4.62. The smallest absolute Gasteiger partial charge is 0.313 e. The minimum absolute atomic E-state index is 0. The van der Waals surface area contributed by atoms with E-state index >= 15 is 0 Å². The van der Waals surface area contributed by atoms with Gasteiger partial charge in [-0.3, -0.25) is 4.79 Å². The van der Waals surface area contributed by atoms with Crippen LogP contribution >= 0.6 is 12.4 Å². The van der Waals surface area contributed by atoms with Gasteiger partial charge < -0.3 is 10.1 Å². The minimum Gasteiger partial charge on any atom is -0.426 e. The predicted molar refractivity (Wildman–Crippen MR) is 130 cm³/mol. The molecule has 31 heavy (non-hydrogen) atoms. The molecule has 3 aromatic rings. The van der Waals surface area contributed by atoms with Gasteiger partial charge in [-0.2, -0.15) is 0 Å². The van der Waals surface area contributed by atoms with E-state index in [1.54, 1.807) is 0 Å². The number of carbonyl (C=O) groups excluding carboxylic acids is 1. The highest BCUT2D eigenvalue weighted by atomic mass is 35.5. The van der Waals surface area contributed by atoms with Crippen molar-refractivity contribution >= 4 is 29.1 Å². The lowest BCUT2D eigenvalue weighted by atomic mass is 9.80. The average Bonchev–Trinajstić information content (AvgIpc) is 2.66. The summed E-state index contributed by atoms with van der Waals surface area (Å²) < 4.78 is 5.88. The Labute approximate surface area is 191 Å². The summed E-state index contributed by atoms with van der Waals surface area (Å²) in [7, 11) is 0. The predicted octanol–water partition coefficient (Wildman–Crippen LogP) is 6.65. The zero-order chi connectivity index (χ0) is 21.5. The van der Waals surface area contributed by atoms with Crippen LogP contribution in [0.2, 0.25) is 0 Å². The molecule has 4 rings (SSSR count). The Hall–Kier alpha value is -2.36. The maximum atomic E-state index is 13.0. The Kier molecular flexibility index (Phi) is 6.78. The van der Waals surface area contributed by atoms with Crippen LogP contribution in [-0.4, -0.2) is 11.5 Å². The molecule has 1 aliphatic heterocycles. The molecule has 0 fully saturated rings. The van der Waals surface area contributed by atoms with E-state index in [1.807, 2.05) is 13.0 Å². The second-order valence-corrected chi connectivity index (χ2v) is 9.49. The van der Waals surface area contributed by atoms with E-state index in [4.69, 9.17) is 4.74 Å². The van der Waals surface area contributed by atoms with Crippen molar-refractivity contribution in [3.8, 4) is 5.75 Å². The van der Waals surface area contributed by atoms with Gasteiger partial charge >= 0.3 is 5.97 Å². The fourth-order valence-electron chi connectivity index (χ4n) is 4.62. The fraction of sp³-hybridized carbons (Fsp3) is 0.370. The van der Waals surface area contributed by atoms with E-state index in [-0.39, 0.29) is 30.0 Å². The van der Waals surface area contributed by atoms with Crippen LogP contribution < -0.4 is 10.1 Å². The summed E-state index contributed by atoms with van der Waals surface area (Å²) in [6.07, 6.45) is 1.24. The van der Waals surface area contributed by atoms with Crippen LogP contribution in [0.15, 0.2) is 54.6 Å².